The van der Waals surface area contributed by atoms with Crippen LogP contribution < -0.4 is 5.32 Å². The second-order valence-corrected chi connectivity index (χ2v) is 6.59. The van der Waals surface area contributed by atoms with Gasteiger partial charge >= 0.3 is 5.97 Å². The molecule has 132 valence electrons. The molecule has 0 saturated heterocycles. The predicted octanol–water partition coefficient (Wildman–Crippen LogP) is 4.16. The molecule has 0 aromatic heterocycles. The van der Waals surface area contributed by atoms with E-state index in [1.54, 1.807) is 0 Å². The fourth-order valence-corrected chi connectivity index (χ4v) is 2.72. The van der Waals surface area contributed by atoms with Crippen LogP contribution in [0.15, 0.2) is 47.6 Å². The molecule has 0 fully saturated rings. The molecule has 1 rings (SSSR count). The summed E-state index contributed by atoms with van der Waals surface area (Å²) in [5, 5.41) is 11.8. The first-order valence-corrected chi connectivity index (χ1v) is 8.57. The van der Waals surface area contributed by atoms with Crippen LogP contribution in [0.1, 0.15) is 52.9 Å². The van der Waals surface area contributed by atoms with Crippen molar-refractivity contribution >= 4 is 11.9 Å². The van der Waals surface area contributed by atoms with Crippen molar-refractivity contribution in [1.82, 2.24) is 5.32 Å². The number of carboxylic acids is 1. The maximum atomic E-state index is 12.2. The Bertz CT molecular complexity index is 567. The molecule has 1 aliphatic carbocycles. The second-order valence-electron chi connectivity index (χ2n) is 6.59. The molecule has 2 N–H and O–H groups in total. The van der Waals surface area contributed by atoms with Crippen molar-refractivity contribution in [1.29, 1.82) is 0 Å². The average Bonchev–Trinajstić information content (AvgIpc) is 2.52. The summed E-state index contributed by atoms with van der Waals surface area (Å²) in [6.45, 7) is 9.69. The molecule has 0 spiro atoms. The Hall–Kier alpha value is -2.10. The lowest BCUT2D eigenvalue weighted by Gasteiger charge is -2.18. The summed E-state index contributed by atoms with van der Waals surface area (Å²) in [4.78, 5) is 23.4. The van der Waals surface area contributed by atoms with Gasteiger partial charge in [-0.25, -0.2) is 4.79 Å². The summed E-state index contributed by atoms with van der Waals surface area (Å²) in [5.74, 6) is -1.17. The van der Waals surface area contributed by atoms with Gasteiger partial charge in [-0.2, -0.15) is 0 Å². The van der Waals surface area contributed by atoms with Gasteiger partial charge < -0.3 is 10.4 Å². The molecule has 0 aromatic carbocycles. The lowest BCUT2D eigenvalue weighted by molar-refractivity contribution is -0.141. The first-order valence-electron chi connectivity index (χ1n) is 8.57. The van der Waals surface area contributed by atoms with Crippen molar-refractivity contribution in [2.75, 3.05) is 0 Å². The summed E-state index contributed by atoms with van der Waals surface area (Å²) < 4.78 is 0. The van der Waals surface area contributed by atoms with Crippen molar-refractivity contribution < 1.29 is 14.7 Å². The topological polar surface area (TPSA) is 66.4 Å². The van der Waals surface area contributed by atoms with E-state index in [2.05, 4.69) is 30.1 Å². The van der Waals surface area contributed by atoms with Crippen LogP contribution >= 0.6 is 0 Å². The highest BCUT2D eigenvalue weighted by atomic mass is 16.4. The van der Waals surface area contributed by atoms with E-state index >= 15 is 0 Å². The van der Waals surface area contributed by atoms with E-state index in [-0.39, 0.29) is 11.8 Å². The highest BCUT2D eigenvalue weighted by Crippen LogP contribution is 2.25. The van der Waals surface area contributed by atoms with Crippen LogP contribution in [-0.2, 0) is 9.59 Å². The van der Waals surface area contributed by atoms with Crippen LogP contribution in [0.3, 0.4) is 0 Å². The Kier molecular flexibility index (Phi) is 8.24. The van der Waals surface area contributed by atoms with E-state index in [9.17, 15) is 14.7 Å². The third-order valence-electron chi connectivity index (χ3n) is 4.01. The molecule has 0 saturated carbocycles. The minimum atomic E-state index is -1.00. The fourth-order valence-electron chi connectivity index (χ4n) is 2.72. The zero-order chi connectivity index (χ0) is 18.1. The smallest absolute Gasteiger partial charge is 0.326 e. The number of carboxylic acid groups (broad SMARTS) is 1. The van der Waals surface area contributed by atoms with E-state index in [0.717, 1.165) is 19.3 Å². The Morgan fingerprint density at radius 3 is 2.71 bits per heavy atom. The van der Waals surface area contributed by atoms with Gasteiger partial charge in [0.05, 0.1) is 0 Å². The first kappa shape index (κ1) is 19.9. The number of allylic oxidation sites excluding steroid dienone is 6. The molecular weight excluding hydrogens is 302 g/mol. The molecule has 0 heterocycles. The van der Waals surface area contributed by atoms with Gasteiger partial charge in [0, 0.05) is 5.57 Å². The third kappa shape index (κ3) is 6.57. The molecule has 0 radical (unpaired) electrons. The zero-order valence-corrected chi connectivity index (χ0v) is 15.0. The first-order chi connectivity index (χ1) is 11.3. The molecule has 0 aliphatic heterocycles. The molecule has 4 heteroatoms. The molecule has 24 heavy (non-hydrogen) atoms. The lowest BCUT2D eigenvalue weighted by Crippen LogP contribution is -2.42. The SMILES string of the molecule is C=C(CCC1=C(/C=C\C)CCC=C1)C(=O)N[C@@H](CC(C)C)C(=O)O. The number of aliphatic carboxylic acids is 1. The molecule has 0 bridgehead atoms. The van der Waals surface area contributed by atoms with Crippen LogP contribution in [0.4, 0.5) is 0 Å². The Balaban J connectivity index is 2.62. The summed E-state index contributed by atoms with van der Waals surface area (Å²) >= 11 is 0. The zero-order valence-electron chi connectivity index (χ0n) is 15.0. The van der Waals surface area contributed by atoms with Crippen molar-refractivity contribution in [3.05, 3.63) is 47.6 Å². The van der Waals surface area contributed by atoms with Crippen molar-refractivity contribution in [2.45, 2.75) is 58.9 Å². The second kappa shape index (κ2) is 9.91. The molecule has 0 unspecified atom stereocenters. The highest BCUT2D eigenvalue weighted by Gasteiger charge is 2.22. The van der Waals surface area contributed by atoms with Crippen LogP contribution in [0, 0.1) is 5.92 Å². The highest BCUT2D eigenvalue weighted by molar-refractivity contribution is 5.95. The minimum Gasteiger partial charge on any atom is -0.480 e. The van der Waals surface area contributed by atoms with E-state index in [0.29, 0.717) is 18.4 Å². The van der Waals surface area contributed by atoms with Gasteiger partial charge in [0.25, 0.3) is 0 Å². The number of carbonyl (C=O) groups is 2. The number of nitrogens with one attached hydrogen (secondary N) is 1. The van der Waals surface area contributed by atoms with Crippen LogP contribution in [0.2, 0.25) is 0 Å². The van der Waals surface area contributed by atoms with Gasteiger partial charge in [-0.15, -0.1) is 0 Å². The lowest BCUT2D eigenvalue weighted by atomic mass is 9.92. The monoisotopic (exact) mass is 331 g/mol. The van der Waals surface area contributed by atoms with E-state index in [1.807, 2.05) is 26.8 Å². The molecule has 1 atom stereocenters. The molecule has 1 amide bonds. The van der Waals surface area contributed by atoms with Crippen LogP contribution in [-0.4, -0.2) is 23.0 Å². The van der Waals surface area contributed by atoms with Gasteiger partial charge in [0.2, 0.25) is 5.91 Å². The molecule has 1 aliphatic rings. The van der Waals surface area contributed by atoms with Crippen molar-refractivity contribution in [2.24, 2.45) is 5.92 Å². The summed E-state index contributed by atoms with van der Waals surface area (Å²) in [6, 6.07) is -0.860. The van der Waals surface area contributed by atoms with Crippen molar-refractivity contribution in [3.8, 4) is 0 Å². The summed E-state index contributed by atoms with van der Waals surface area (Å²) in [6.07, 6.45) is 12.1. The number of carbonyl (C=O) groups excluding carboxylic acids is 1. The van der Waals surface area contributed by atoms with Crippen LogP contribution in [0.25, 0.3) is 0 Å². The van der Waals surface area contributed by atoms with Crippen LogP contribution in [0.5, 0.6) is 0 Å². The Morgan fingerprint density at radius 2 is 2.12 bits per heavy atom. The normalized spacial score (nSPS) is 15.8. The molecule has 0 aromatic rings. The molecular formula is C20H29NO3. The number of rotatable bonds is 9. The fraction of sp³-hybridized carbons (Fsp3) is 0.500. The number of amides is 1. The van der Waals surface area contributed by atoms with E-state index in [4.69, 9.17) is 0 Å². The summed E-state index contributed by atoms with van der Waals surface area (Å²) in [5.41, 5.74) is 2.96. The maximum Gasteiger partial charge on any atom is 0.326 e. The summed E-state index contributed by atoms with van der Waals surface area (Å²) in [7, 11) is 0. The van der Waals surface area contributed by atoms with Crippen molar-refractivity contribution in [3.63, 3.8) is 0 Å². The van der Waals surface area contributed by atoms with Gasteiger partial charge in [-0.05, 0) is 56.1 Å². The molecule has 4 nitrogen and oxygen atoms in total. The predicted molar refractivity (Wildman–Crippen MR) is 97.6 cm³/mol. The standard InChI is InChI=1S/C20H29NO3/c1-5-8-16-9-6-7-10-17(16)12-11-15(4)19(22)21-18(20(23)24)13-14(2)3/h5,7-8,10,14,18H,4,6,9,11-13H2,1-3H3,(H,21,22)(H,23,24)/b8-5-/t18-/m0/s1. The maximum absolute atomic E-state index is 12.2. The largest absolute Gasteiger partial charge is 0.480 e. The number of hydrogen-bond acceptors (Lipinski definition) is 2. The van der Waals surface area contributed by atoms with Gasteiger partial charge in [-0.1, -0.05) is 44.7 Å². The van der Waals surface area contributed by atoms with Gasteiger partial charge in [0.1, 0.15) is 6.04 Å². The quantitative estimate of drug-likeness (QED) is 0.623. The Morgan fingerprint density at radius 1 is 1.42 bits per heavy atom. The van der Waals surface area contributed by atoms with E-state index < -0.39 is 12.0 Å². The Labute approximate surface area is 145 Å². The minimum absolute atomic E-state index is 0.195. The average molecular weight is 331 g/mol. The number of hydrogen-bond donors (Lipinski definition) is 2. The third-order valence-corrected chi connectivity index (χ3v) is 4.01. The van der Waals surface area contributed by atoms with E-state index in [1.165, 1.54) is 11.1 Å². The van der Waals surface area contributed by atoms with Gasteiger partial charge in [0.15, 0.2) is 0 Å². The van der Waals surface area contributed by atoms with Gasteiger partial charge in [-0.3, -0.25) is 4.79 Å².